The minimum Gasteiger partial charge on any atom is -0.491 e. The highest BCUT2D eigenvalue weighted by atomic mass is 16.6. The van der Waals surface area contributed by atoms with Gasteiger partial charge in [0.1, 0.15) is 0 Å². The first-order chi connectivity index (χ1) is 10.9. The SMILES string of the molecule is C[C@]12C[C@H]3CC(Nc4nc5nonc5nc4O)(C1)C[C@@](C)(C3)C2. The Morgan fingerprint density at radius 2 is 1.65 bits per heavy atom. The molecular weight excluding hydrogens is 294 g/mol. The average molecular weight is 315 g/mol. The minimum absolute atomic E-state index is 0.0000817. The van der Waals surface area contributed by atoms with Crippen molar-refractivity contribution < 1.29 is 9.74 Å². The van der Waals surface area contributed by atoms with Gasteiger partial charge in [-0.1, -0.05) is 13.8 Å². The van der Waals surface area contributed by atoms with E-state index in [0.29, 0.717) is 22.3 Å². The molecule has 2 N–H and O–H groups in total. The topological polar surface area (TPSA) is 97.0 Å². The van der Waals surface area contributed by atoms with Crippen LogP contribution < -0.4 is 5.32 Å². The van der Waals surface area contributed by atoms with E-state index in [1.165, 1.54) is 19.3 Å². The van der Waals surface area contributed by atoms with Crippen molar-refractivity contribution in [2.45, 2.75) is 57.9 Å². The quantitative estimate of drug-likeness (QED) is 0.879. The van der Waals surface area contributed by atoms with Crippen LogP contribution in [-0.2, 0) is 0 Å². The molecule has 122 valence electrons. The van der Waals surface area contributed by atoms with Crippen LogP contribution in [0.25, 0.3) is 11.3 Å². The fourth-order valence-corrected chi connectivity index (χ4v) is 6.55. The Balaban J connectivity index is 1.54. The molecule has 0 amide bonds. The molecular formula is C16H21N5O2. The number of hydrogen-bond acceptors (Lipinski definition) is 7. The number of anilines is 1. The molecule has 4 atom stereocenters. The third kappa shape index (κ3) is 1.95. The Hall–Kier alpha value is -1.92. The van der Waals surface area contributed by atoms with E-state index in [9.17, 15) is 5.11 Å². The van der Waals surface area contributed by atoms with Crippen LogP contribution in [0.4, 0.5) is 5.82 Å². The predicted molar refractivity (Wildman–Crippen MR) is 82.8 cm³/mol. The van der Waals surface area contributed by atoms with Gasteiger partial charge in [-0.3, -0.25) is 0 Å². The Morgan fingerprint density at radius 3 is 2.30 bits per heavy atom. The van der Waals surface area contributed by atoms with Gasteiger partial charge in [0.25, 0.3) is 5.88 Å². The smallest absolute Gasteiger partial charge is 0.257 e. The highest BCUT2D eigenvalue weighted by molar-refractivity contribution is 5.68. The largest absolute Gasteiger partial charge is 0.491 e. The van der Waals surface area contributed by atoms with Crippen LogP contribution in [0.15, 0.2) is 4.63 Å². The maximum atomic E-state index is 10.2. The molecule has 23 heavy (non-hydrogen) atoms. The highest BCUT2D eigenvalue weighted by Crippen LogP contribution is 2.66. The summed E-state index contributed by atoms with van der Waals surface area (Å²) in [5.74, 6) is 1.04. The molecule has 4 bridgehead atoms. The molecule has 4 aliphatic rings. The van der Waals surface area contributed by atoms with Gasteiger partial charge in [-0.2, -0.15) is 9.97 Å². The lowest BCUT2D eigenvalue weighted by Crippen LogP contribution is -2.61. The molecule has 0 radical (unpaired) electrons. The number of aromatic hydroxyl groups is 1. The summed E-state index contributed by atoms with van der Waals surface area (Å²) in [6.45, 7) is 4.84. The van der Waals surface area contributed by atoms with Crippen LogP contribution in [0.3, 0.4) is 0 Å². The third-order valence-electron chi connectivity index (χ3n) is 6.11. The zero-order valence-corrected chi connectivity index (χ0v) is 13.5. The van der Waals surface area contributed by atoms with Crippen LogP contribution in [0.2, 0.25) is 0 Å². The van der Waals surface area contributed by atoms with E-state index in [-0.39, 0.29) is 17.1 Å². The van der Waals surface area contributed by atoms with E-state index < -0.39 is 0 Å². The maximum Gasteiger partial charge on any atom is 0.257 e. The van der Waals surface area contributed by atoms with Crippen LogP contribution in [0.5, 0.6) is 5.88 Å². The van der Waals surface area contributed by atoms with Gasteiger partial charge in [0.15, 0.2) is 5.82 Å². The standard InChI is InChI=1S/C16H21N5O2/c1-14-3-9-4-15(2,6-14)8-16(5-9,7-14)19-12-13(22)18-11-10(17-12)20-23-21-11/h9H,3-8H2,1-2H3,(H,17,19,20)(H,18,21,22)/t9-,14-,15+,16?. The first kappa shape index (κ1) is 13.5. The molecule has 7 heteroatoms. The summed E-state index contributed by atoms with van der Waals surface area (Å²) in [6.07, 6.45) is 7.37. The lowest BCUT2D eigenvalue weighted by molar-refractivity contribution is -0.0974. The van der Waals surface area contributed by atoms with Crippen LogP contribution in [0, 0.1) is 16.7 Å². The fourth-order valence-electron chi connectivity index (χ4n) is 6.55. The highest BCUT2D eigenvalue weighted by Gasteiger charge is 2.60. The van der Waals surface area contributed by atoms with Gasteiger partial charge >= 0.3 is 0 Å². The average Bonchev–Trinajstić information content (AvgIpc) is 2.81. The monoisotopic (exact) mass is 315 g/mol. The molecule has 1 unspecified atom stereocenters. The molecule has 6 rings (SSSR count). The van der Waals surface area contributed by atoms with Gasteiger partial charge in [0, 0.05) is 5.54 Å². The maximum absolute atomic E-state index is 10.2. The lowest BCUT2D eigenvalue weighted by Gasteiger charge is -2.65. The second-order valence-electron chi connectivity index (χ2n) is 8.84. The molecule has 2 heterocycles. The van der Waals surface area contributed by atoms with Crippen LogP contribution in [-0.4, -0.2) is 30.9 Å². The fraction of sp³-hybridized carbons (Fsp3) is 0.750. The van der Waals surface area contributed by atoms with E-state index in [4.69, 9.17) is 0 Å². The van der Waals surface area contributed by atoms with Crippen molar-refractivity contribution >= 4 is 17.1 Å². The van der Waals surface area contributed by atoms with Crippen molar-refractivity contribution in [1.29, 1.82) is 0 Å². The van der Waals surface area contributed by atoms with E-state index in [0.717, 1.165) is 25.2 Å². The summed E-state index contributed by atoms with van der Waals surface area (Å²) in [4.78, 5) is 8.40. The van der Waals surface area contributed by atoms with Gasteiger partial charge < -0.3 is 10.4 Å². The number of hydrogen-bond donors (Lipinski definition) is 2. The summed E-state index contributed by atoms with van der Waals surface area (Å²) in [6, 6.07) is 0. The second-order valence-corrected chi connectivity index (χ2v) is 8.84. The van der Waals surface area contributed by atoms with Crippen LogP contribution in [0.1, 0.15) is 52.4 Å². The molecule has 4 saturated carbocycles. The number of fused-ring (bicyclic) bond motifs is 1. The van der Waals surface area contributed by atoms with E-state index in [1.807, 2.05) is 0 Å². The first-order valence-electron chi connectivity index (χ1n) is 8.34. The normalized spacial score (nSPS) is 41.6. The van der Waals surface area contributed by atoms with E-state index in [1.54, 1.807) is 0 Å². The van der Waals surface area contributed by atoms with Crippen molar-refractivity contribution in [1.82, 2.24) is 20.3 Å². The Bertz CT molecular complexity index is 785. The minimum atomic E-state index is -0.126. The number of nitrogens with zero attached hydrogens (tertiary/aromatic N) is 4. The van der Waals surface area contributed by atoms with Crippen molar-refractivity contribution in [3.8, 4) is 5.88 Å². The van der Waals surface area contributed by atoms with Gasteiger partial charge in [0.05, 0.1) is 0 Å². The zero-order valence-electron chi connectivity index (χ0n) is 13.5. The molecule has 2 aromatic heterocycles. The first-order valence-corrected chi connectivity index (χ1v) is 8.34. The van der Waals surface area contributed by atoms with Gasteiger partial charge in [0.2, 0.25) is 11.3 Å². The van der Waals surface area contributed by atoms with Crippen molar-refractivity contribution in [3.05, 3.63) is 0 Å². The summed E-state index contributed by atoms with van der Waals surface area (Å²) in [5, 5.41) is 21.1. The molecule has 0 aliphatic heterocycles. The van der Waals surface area contributed by atoms with Crippen LogP contribution >= 0.6 is 0 Å². The van der Waals surface area contributed by atoms with E-state index in [2.05, 4.69) is 44.1 Å². The third-order valence-corrected chi connectivity index (χ3v) is 6.11. The van der Waals surface area contributed by atoms with Crippen molar-refractivity contribution in [2.24, 2.45) is 16.7 Å². The summed E-state index contributed by atoms with van der Waals surface area (Å²) in [5.41, 5.74) is 1.35. The van der Waals surface area contributed by atoms with Gasteiger partial charge in [-0.15, -0.1) is 0 Å². The molecule has 0 spiro atoms. The Labute approximate surface area is 133 Å². The molecule has 0 saturated heterocycles. The van der Waals surface area contributed by atoms with Gasteiger partial charge in [-0.05, 0) is 65.6 Å². The Kier molecular flexibility index (Phi) is 2.31. The predicted octanol–water partition coefficient (Wildman–Crippen LogP) is 2.88. The summed E-state index contributed by atoms with van der Waals surface area (Å²) in [7, 11) is 0. The Morgan fingerprint density at radius 1 is 1.00 bits per heavy atom. The summed E-state index contributed by atoms with van der Waals surface area (Å²) < 4.78 is 4.64. The lowest BCUT2D eigenvalue weighted by atomic mass is 9.43. The zero-order chi connectivity index (χ0) is 15.9. The molecule has 4 fully saturated rings. The second kappa shape index (κ2) is 3.94. The van der Waals surface area contributed by atoms with E-state index >= 15 is 0 Å². The number of nitrogens with one attached hydrogen (secondary N) is 1. The van der Waals surface area contributed by atoms with Crippen molar-refractivity contribution in [2.75, 3.05) is 5.32 Å². The number of aromatic nitrogens is 4. The molecule has 0 aromatic carbocycles. The number of rotatable bonds is 2. The summed E-state index contributed by atoms with van der Waals surface area (Å²) >= 11 is 0. The molecule has 2 aromatic rings. The van der Waals surface area contributed by atoms with Crippen molar-refractivity contribution in [3.63, 3.8) is 0 Å². The van der Waals surface area contributed by atoms with Gasteiger partial charge in [-0.25, -0.2) is 4.63 Å². The molecule has 4 aliphatic carbocycles. The molecule has 7 nitrogen and oxygen atoms in total.